The van der Waals surface area contributed by atoms with Crippen molar-refractivity contribution in [3.05, 3.63) is 29.8 Å². The van der Waals surface area contributed by atoms with E-state index in [1.165, 1.54) is 12.1 Å². The van der Waals surface area contributed by atoms with E-state index in [4.69, 9.17) is 4.74 Å². The van der Waals surface area contributed by atoms with E-state index < -0.39 is 24.3 Å². The number of benzene rings is 1. The van der Waals surface area contributed by atoms with E-state index in [0.29, 0.717) is 17.9 Å². The van der Waals surface area contributed by atoms with Crippen molar-refractivity contribution >= 4 is 11.9 Å². The lowest BCUT2D eigenvalue weighted by Gasteiger charge is -2.19. The molecule has 1 aromatic rings. The number of rotatable bonds is 7. The van der Waals surface area contributed by atoms with E-state index in [0.717, 1.165) is 6.42 Å². The minimum absolute atomic E-state index is 0.364. The first-order chi connectivity index (χ1) is 8.54. The summed E-state index contributed by atoms with van der Waals surface area (Å²) in [6.07, 6.45) is 0.269. The molecule has 0 saturated heterocycles. The van der Waals surface area contributed by atoms with Crippen molar-refractivity contribution in [2.45, 2.75) is 25.7 Å². The van der Waals surface area contributed by atoms with Crippen LogP contribution in [0.4, 0.5) is 0 Å². The van der Waals surface area contributed by atoms with Gasteiger partial charge in [-0.25, -0.2) is 0 Å². The molecule has 1 aromatic carbocycles. The molecule has 98 valence electrons. The number of hydrogen-bond acceptors (Lipinski definition) is 5. The topological polar surface area (TPSA) is 89.5 Å². The predicted molar refractivity (Wildman–Crippen MR) is 59.6 cm³/mol. The van der Waals surface area contributed by atoms with Crippen LogP contribution in [0.2, 0.25) is 0 Å². The zero-order chi connectivity index (χ0) is 13.5. The fourth-order valence-electron chi connectivity index (χ4n) is 1.52. The standard InChI is InChI=1S/C13H16O5/c1-2-7-18-10-5-3-9(4-6-10)11(13(16)17)8-12(14)15/h3-6,11H,2,7-8H2,1H3,(H,14,15)(H,16,17)/p-2/t11-/m1/s1. The molecule has 0 spiro atoms. The van der Waals surface area contributed by atoms with Gasteiger partial charge in [0.15, 0.2) is 0 Å². The van der Waals surface area contributed by atoms with Crippen molar-refractivity contribution in [3.63, 3.8) is 0 Å². The highest BCUT2D eigenvalue weighted by Gasteiger charge is 2.13. The Morgan fingerprint density at radius 3 is 2.28 bits per heavy atom. The second-order valence-corrected chi connectivity index (χ2v) is 3.87. The maximum Gasteiger partial charge on any atom is 0.119 e. The van der Waals surface area contributed by atoms with Crippen LogP contribution >= 0.6 is 0 Å². The van der Waals surface area contributed by atoms with Gasteiger partial charge in [0.25, 0.3) is 0 Å². The van der Waals surface area contributed by atoms with E-state index >= 15 is 0 Å². The Balaban J connectivity index is 2.80. The van der Waals surface area contributed by atoms with Crippen LogP contribution in [0.5, 0.6) is 5.75 Å². The first-order valence-corrected chi connectivity index (χ1v) is 5.68. The van der Waals surface area contributed by atoms with Crippen molar-refractivity contribution in [2.24, 2.45) is 0 Å². The maximum atomic E-state index is 10.9. The molecule has 0 heterocycles. The Labute approximate surface area is 105 Å². The Bertz CT molecular complexity index is 410. The van der Waals surface area contributed by atoms with Gasteiger partial charge in [-0.15, -0.1) is 0 Å². The molecule has 0 N–H and O–H groups in total. The number of carbonyl (C=O) groups excluding carboxylic acids is 2. The summed E-state index contributed by atoms with van der Waals surface area (Å²) < 4.78 is 5.34. The summed E-state index contributed by atoms with van der Waals surface area (Å²) in [6, 6.07) is 6.26. The Morgan fingerprint density at radius 2 is 1.83 bits per heavy atom. The highest BCUT2D eigenvalue weighted by atomic mass is 16.5. The SMILES string of the molecule is CCCOc1ccc([C@@H](CC(=O)[O-])C(=O)[O-])cc1. The van der Waals surface area contributed by atoms with Crippen LogP contribution in [0.3, 0.4) is 0 Å². The molecule has 0 amide bonds. The van der Waals surface area contributed by atoms with Crippen molar-refractivity contribution in [1.82, 2.24) is 0 Å². The quantitative estimate of drug-likeness (QED) is 0.647. The molecule has 5 heteroatoms. The fraction of sp³-hybridized carbons (Fsp3) is 0.385. The molecule has 0 saturated carbocycles. The molecule has 0 aliphatic heterocycles. The number of carbonyl (C=O) groups is 2. The lowest BCUT2D eigenvalue weighted by molar-refractivity contribution is -0.317. The Morgan fingerprint density at radius 1 is 1.22 bits per heavy atom. The van der Waals surface area contributed by atoms with E-state index in [1.807, 2.05) is 6.92 Å². The summed E-state index contributed by atoms with van der Waals surface area (Å²) in [4.78, 5) is 21.3. The number of hydrogen-bond donors (Lipinski definition) is 0. The fourth-order valence-corrected chi connectivity index (χ4v) is 1.52. The molecule has 0 fully saturated rings. The van der Waals surface area contributed by atoms with Crippen LogP contribution in [-0.2, 0) is 9.59 Å². The molecule has 0 aromatic heterocycles. The van der Waals surface area contributed by atoms with E-state index in [-0.39, 0.29) is 0 Å². The lowest BCUT2D eigenvalue weighted by Crippen LogP contribution is -2.34. The van der Waals surface area contributed by atoms with Gasteiger partial charge in [-0.05, 0) is 30.5 Å². The Hall–Kier alpha value is -2.04. The number of carboxylic acid groups (broad SMARTS) is 2. The van der Waals surface area contributed by atoms with Gasteiger partial charge in [-0.2, -0.15) is 0 Å². The van der Waals surface area contributed by atoms with E-state index in [9.17, 15) is 19.8 Å². The molecule has 0 radical (unpaired) electrons. The summed E-state index contributed by atoms with van der Waals surface area (Å²) in [5, 5.41) is 21.3. The van der Waals surface area contributed by atoms with Crippen LogP contribution in [0.15, 0.2) is 24.3 Å². The van der Waals surface area contributed by atoms with Gasteiger partial charge in [0.2, 0.25) is 0 Å². The molecule has 1 rings (SSSR count). The Kier molecular flexibility index (Phi) is 5.17. The van der Waals surface area contributed by atoms with Gasteiger partial charge < -0.3 is 24.5 Å². The molecular weight excluding hydrogens is 236 g/mol. The van der Waals surface area contributed by atoms with Gasteiger partial charge in [0, 0.05) is 17.9 Å². The van der Waals surface area contributed by atoms with Crippen molar-refractivity contribution < 1.29 is 24.5 Å². The molecular formula is C13H14O5-2. The van der Waals surface area contributed by atoms with Crippen LogP contribution in [0, 0.1) is 0 Å². The van der Waals surface area contributed by atoms with Gasteiger partial charge in [-0.3, -0.25) is 0 Å². The van der Waals surface area contributed by atoms with Crippen molar-refractivity contribution in [1.29, 1.82) is 0 Å². The molecule has 18 heavy (non-hydrogen) atoms. The summed E-state index contributed by atoms with van der Waals surface area (Å²) in [7, 11) is 0. The van der Waals surface area contributed by atoms with Crippen LogP contribution in [0.1, 0.15) is 31.2 Å². The van der Waals surface area contributed by atoms with Crippen LogP contribution in [0.25, 0.3) is 0 Å². The van der Waals surface area contributed by atoms with Gasteiger partial charge in [0.05, 0.1) is 6.61 Å². The average Bonchev–Trinajstić information content (AvgIpc) is 2.34. The monoisotopic (exact) mass is 250 g/mol. The van der Waals surface area contributed by atoms with Crippen molar-refractivity contribution in [2.75, 3.05) is 6.61 Å². The molecule has 1 atom stereocenters. The molecule has 0 aliphatic carbocycles. The third-order valence-corrected chi connectivity index (χ3v) is 2.41. The number of carboxylic acids is 2. The minimum Gasteiger partial charge on any atom is -0.550 e. The van der Waals surface area contributed by atoms with Crippen molar-refractivity contribution in [3.8, 4) is 5.75 Å². The number of aliphatic carboxylic acids is 2. The zero-order valence-electron chi connectivity index (χ0n) is 10.0. The third kappa shape index (κ3) is 4.08. The normalized spacial score (nSPS) is 11.8. The lowest BCUT2D eigenvalue weighted by atomic mass is 9.96. The largest absolute Gasteiger partial charge is 0.550 e. The third-order valence-electron chi connectivity index (χ3n) is 2.41. The molecule has 0 aliphatic rings. The molecule has 0 unspecified atom stereocenters. The molecule has 5 nitrogen and oxygen atoms in total. The maximum absolute atomic E-state index is 10.9. The van der Waals surface area contributed by atoms with Crippen LogP contribution in [-0.4, -0.2) is 18.5 Å². The van der Waals surface area contributed by atoms with Gasteiger partial charge >= 0.3 is 0 Å². The highest BCUT2D eigenvalue weighted by molar-refractivity contribution is 5.80. The summed E-state index contributed by atoms with van der Waals surface area (Å²) in [6.45, 7) is 2.54. The summed E-state index contributed by atoms with van der Waals surface area (Å²) in [5.74, 6) is -3.43. The zero-order valence-corrected chi connectivity index (χ0v) is 10.0. The predicted octanol–water partition coefficient (Wildman–Crippen LogP) is -0.551. The number of ether oxygens (including phenoxy) is 1. The van der Waals surface area contributed by atoms with Gasteiger partial charge in [0.1, 0.15) is 5.75 Å². The second-order valence-electron chi connectivity index (χ2n) is 3.87. The highest BCUT2D eigenvalue weighted by Crippen LogP contribution is 2.22. The second kappa shape index (κ2) is 6.64. The summed E-state index contributed by atoms with van der Waals surface area (Å²) in [5.41, 5.74) is 0.364. The van der Waals surface area contributed by atoms with E-state index in [1.54, 1.807) is 12.1 Å². The summed E-state index contributed by atoms with van der Waals surface area (Å²) >= 11 is 0. The average molecular weight is 250 g/mol. The van der Waals surface area contributed by atoms with E-state index in [2.05, 4.69) is 0 Å². The minimum atomic E-state index is -1.43. The van der Waals surface area contributed by atoms with Gasteiger partial charge in [-0.1, -0.05) is 19.1 Å². The first kappa shape index (κ1) is 14.0. The smallest absolute Gasteiger partial charge is 0.119 e. The first-order valence-electron chi connectivity index (χ1n) is 5.68. The molecule has 0 bridgehead atoms. The van der Waals surface area contributed by atoms with Crippen LogP contribution < -0.4 is 14.9 Å².